The van der Waals surface area contributed by atoms with Crippen molar-refractivity contribution >= 4 is 27.5 Å². The van der Waals surface area contributed by atoms with Crippen LogP contribution >= 0.6 is 15.9 Å². The first kappa shape index (κ1) is 11.6. The van der Waals surface area contributed by atoms with Gasteiger partial charge in [0.05, 0.1) is 30.5 Å². The minimum atomic E-state index is -0.350. The highest BCUT2D eigenvalue weighted by molar-refractivity contribution is 9.10. The maximum Gasteiger partial charge on any atom is 0.275 e. The number of amides is 1. The lowest BCUT2D eigenvalue weighted by atomic mass is 10.4. The largest absolute Gasteiger partial charge is 0.318 e. The van der Waals surface area contributed by atoms with Crippen LogP contribution in [0.15, 0.2) is 29.4 Å². The van der Waals surface area contributed by atoms with Crippen molar-refractivity contribution in [1.82, 2.24) is 19.9 Å². The van der Waals surface area contributed by atoms with Crippen molar-refractivity contribution in [2.75, 3.05) is 5.32 Å². The van der Waals surface area contributed by atoms with E-state index in [1.807, 2.05) is 0 Å². The molecule has 2 heterocycles. The van der Waals surface area contributed by atoms with Gasteiger partial charge in [-0.05, 0) is 22.9 Å². The average Bonchev–Trinajstić information content (AvgIpc) is 2.33. The Hall–Kier alpha value is -1.89. The van der Waals surface area contributed by atoms with Crippen molar-refractivity contribution in [2.45, 2.75) is 6.92 Å². The SMILES string of the molecule is Cc1ncc(NC(=O)c2cnc(Br)cn2)cn1. The first-order chi connectivity index (χ1) is 8.15. The third-order valence-electron chi connectivity index (χ3n) is 1.89. The van der Waals surface area contributed by atoms with Crippen LogP contribution in [0, 0.1) is 6.92 Å². The van der Waals surface area contributed by atoms with Gasteiger partial charge in [0.2, 0.25) is 0 Å². The fraction of sp³-hybridized carbons (Fsp3) is 0.100. The number of carbonyl (C=O) groups is 1. The number of aromatic nitrogens is 4. The topological polar surface area (TPSA) is 80.7 Å². The van der Waals surface area contributed by atoms with Crippen LogP contribution in [-0.2, 0) is 0 Å². The van der Waals surface area contributed by atoms with Crippen LogP contribution in [0.5, 0.6) is 0 Å². The molecule has 0 spiro atoms. The molecule has 0 unspecified atom stereocenters. The molecule has 0 fully saturated rings. The smallest absolute Gasteiger partial charge is 0.275 e. The number of halogens is 1. The van der Waals surface area contributed by atoms with Gasteiger partial charge in [0, 0.05) is 0 Å². The Morgan fingerprint density at radius 2 is 1.82 bits per heavy atom. The molecule has 0 aromatic carbocycles. The molecule has 0 atom stereocenters. The maximum absolute atomic E-state index is 11.7. The molecule has 0 saturated heterocycles. The quantitative estimate of drug-likeness (QED) is 0.909. The minimum absolute atomic E-state index is 0.230. The molecule has 2 aromatic heterocycles. The van der Waals surface area contributed by atoms with E-state index in [4.69, 9.17) is 0 Å². The standard InChI is InChI=1S/C10H8BrN5O/c1-6-12-2-7(3-13-6)16-10(17)8-4-15-9(11)5-14-8/h2-5H,1H3,(H,16,17). The highest BCUT2D eigenvalue weighted by Gasteiger charge is 2.08. The number of anilines is 1. The van der Waals surface area contributed by atoms with Gasteiger partial charge < -0.3 is 5.32 Å². The first-order valence-corrected chi connectivity index (χ1v) is 5.52. The molecule has 0 aliphatic heterocycles. The van der Waals surface area contributed by atoms with E-state index in [9.17, 15) is 4.79 Å². The van der Waals surface area contributed by atoms with Gasteiger partial charge in [-0.3, -0.25) is 4.79 Å². The Balaban J connectivity index is 2.11. The van der Waals surface area contributed by atoms with E-state index in [1.54, 1.807) is 6.92 Å². The van der Waals surface area contributed by atoms with Crippen LogP contribution in [0.4, 0.5) is 5.69 Å². The Labute approximate surface area is 106 Å². The van der Waals surface area contributed by atoms with E-state index >= 15 is 0 Å². The highest BCUT2D eigenvalue weighted by Crippen LogP contribution is 2.06. The van der Waals surface area contributed by atoms with Gasteiger partial charge in [0.15, 0.2) is 0 Å². The summed E-state index contributed by atoms with van der Waals surface area (Å²) in [5.41, 5.74) is 0.749. The second-order valence-electron chi connectivity index (χ2n) is 3.20. The van der Waals surface area contributed by atoms with Crippen molar-refractivity contribution in [2.24, 2.45) is 0 Å². The molecule has 6 nitrogen and oxygen atoms in total. The number of nitrogens with one attached hydrogen (secondary N) is 1. The summed E-state index contributed by atoms with van der Waals surface area (Å²) in [5, 5.41) is 2.62. The molecule has 17 heavy (non-hydrogen) atoms. The predicted octanol–water partition coefficient (Wildman–Crippen LogP) is 1.59. The number of nitrogens with zero attached hydrogens (tertiary/aromatic N) is 4. The van der Waals surface area contributed by atoms with Crippen LogP contribution in [0.1, 0.15) is 16.3 Å². The number of rotatable bonds is 2. The van der Waals surface area contributed by atoms with Crippen LogP contribution in [0.3, 0.4) is 0 Å². The number of carbonyl (C=O) groups excluding carboxylic acids is 1. The van der Waals surface area contributed by atoms with Gasteiger partial charge in [-0.1, -0.05) is 0 Å². The van der Waals surface area contributed by atoms with Crippen LogP contribution < -0.4 is 5.32 Å². The van der Waals surface area contributed by atoms with Gasteiger partial charge >= 0.3 is 0 Å². The maximum atomic E-state index is 11.7. The zero-order valence-electron chi connectivity index (χ0n) is 8.88. The van der Waals surface area contributed by atoms with E-state index in [0.717, 1.165) is 0 Å². The Morgan fingerprint density at radius 3 is 2.41 bits per heavy atom. The predicted molar refractivity (Wildman–Crippen MR) is 64.5 cm³/mol. The number of aryl methyl sites for hydroxylation is 1. The summed E-state index contributed by atoms with van der Waals surface area (Å²) < 4.78 is 0.577. The second-order valence-corrected chi connectivity index (χ2v) is 4.01. The zero-order chi connectivity index (χ0) is 12.3. The molecule has 2 rings (SSSR count). The first-order valence-electron chi connectivity index (χ1n) is 4.73. The van der Waals surface area contributed by atoms with E-state index < -0.39 is 0 Å². The lowest BCUT2D eigenvalue weighted by Gasteiger charge is -2.03. The van der Waals surface area contributed by atoms with Crippen molar-refractivity contribution < 1.29 is 4.79 Å². The summed E-state index contributed by atoms with van der Waals surface area (Å²) >= 11 is 3.14. The Morgan fingerprint density at radius 1 is 1.12 bits per heavy atom. The third-order valence-corrected chi connectivity index (χ3v) is 2.30. The molecule has 1 N–H and O–H groups in total. The molecule has 86 valence electrons. The number of hydrogen-bond donors (Lipinski definition) is 1. The van der Waals surface area contributed by atoms with Gasteiger partial charge in [-0.2, -0.15) is 0 Å². The van der Waals surface area contributed by atoms with Crippen LogP contribution in [-0.4, -0.2) is 25.8 Å². The van der Waals surface area contributed by atoms with Gasteiger partial charge in [-0.15, -0.1) is 0 Å². The molecular formula is C10H8BrN5O. The summed E-state index contributed by atoms with van der Waals surface area (Å²) in [6, 6.07) is 0. The molecule has 2 aromatic rings. The average molecular weight is 294 g/mol. The third kappa shape index (κ3) is 3.04. The van der Waals surface area contributed by atoms with Gasteiger partial charge in [0.25, 0.3) is 5.91 Å². The Bertz CT molecular complexity index is 525. The number of hydrogen-bond acceptors (Lipinski definition) is 5. The molecule has 0 radical (unpaired) electrons. The monoisotopic (exact) mass is 293 g/mol. The summed E-state index contributed by atoms with van der Waals surface area (Å²) in [6.45, 7) is 1.77. The zero-order valence-corrected chi connectivity index (χ0v) is 10.5. The molecule has 0 aliphatic carbocycles. The summed E-state index contributed by atoms with van der Waals surface area (Å²) in [4.78, 5) is 27.5. The summed E-state index contributed by atoms with van der Waals surface area (Å²) in [5.74, 6) is 0.295. The molecular weight excluding hydrogens is 286 g/mol. The van der Waals surface area contributed by atoms with Crippen LogP contribution in [0.25, 0.3) is 0 Å². The second kappa shape index (κ2) is 4.96. The van der Waals surface area contributed by atoms with E-state index in [-0.39, 0.29) is 11.6 Å². The van der Waals surface area contributed by atoms with Crippen molar-refractivity contribution in [3.8, 4) is 0 Å². The van der Waals surface area contributed by atoms with Crippen molar-refractivity contribution in [1.29, 1.82) is 0 Å². The van der Waals surface area contributed by atoms with E-state index in [2.05, 4.69) is 41.2 Å². The Kier molecular flexibility index (Phi) is 3.38. The fourth-order valence-corrected chi connectivity index (χ4v) is 1.29. The molecule has 0 aliphatic rings. The molecule has 0 bridgehead atoms. The molecule has 1 amide bonds. The van der Waals surface area contributed by atoms with Crippen molar-refractivity contribution in [3.05, 3.63) is 40.9 Å². The lowest BCUT2D eigenvalue weighted by Crippen LogP contribution is -2.14. The fourth-order valence-electron chi connectivity index (χ4n) is 1.08. The highest BCUT2D eigenvalue weighted by atomic mass is 79.9. The van der Waals surface area contributed by atoms with E-state index in [0.29, 0.717) is 16.1 Å². The van der Waals surface area contributed by atoms with Gasteiger partial charge in [-0.25, -0.2) is 19.9 Å². The van der Waals surface area contributed by atoms with Gasteiger partial charge in [0.1, 0.15) is 16.1 Å². The molecule has 7 heteroatoms. The van der Waals surface area contributed by atoms with Crippen LogP contribution in [0.2, 0.25) is 0 Å². The summed E-state index contributed by atoms with van der Waals surface area (Å²) in [7, 11) is 0. The normalized spacial score (nSPS) is 10.0. The summed E-state index contributed by atoms with van der Waals surface area (Å²) in [6.07, 6.45) is 5.91. The molecule has 0 saturated carbocycles. The minimum Gasteiger partial charge on any atom is -0.318 e. The lowest BCUT2D eigenvalue weighted by molar-refractivity contribution is 0.102. The van der Waals surface area contributed by atoms with Crippen molar-refractivity contribution in [3.63, 3.8) is 0 Å². The van der Waals surface area contributed by atoms with E-state index in [1.165, 1.54) is 24.8 Å².